The molecule has 0 atom stereocenters. The second-order valence-corrected chi connectivity index (χ2v) is 6.64. The minimum Gasteiger partial charge on any atom is -0.404 e. The molecule has 120 valence electrons. The summed E-state index contributed by atoms with van der Waals surface area (Å²) in [4.78, 5) is 8.69. The monoisotopic (exact) mass is 334 g/mol. The summed E-state index contributed by atoms with van der Waals surface area (Å²) < 4.78 is 1.84. The summed E-state index contributed by atoms with van der Waals surface area (Å²) in [5, 5.41) is 14.6. The number of hydrogen-bond donors (Lipinski definition) is 1. The Morgan fingerprint density at radius 3 is 2.96 bits per heavy atom. The average molecular weight is 334 g/mol. The molecule has 0 unspecified atom stereocenters. The van der Waals surface area contributed by atoms with Crippen molar-refractivity contribution in [3.8, 4) is 10.6 Å². The van der Waals surface area contributed by atoms with E-state index in [2.05, 4.69) is 29.0 Å². The van der Waals surface area contributed by atoms with Gasteiger partial charge in [-0.1, -0.05) is 30.7 Å². The Balaban J connectivity index is 1.76. The van der Waals surface area contributed by atoms with Crippen LogP contribution in [0.5, 0.6) is 0 Å². The predicted molar refractivity (Wildman–Crippen MR) is 94.2 cm³/mol. The normalized spacial score (nSPS) is 11.1. The van der Waals surface area contributed by atoms with Gasteiger partial charge in [0.15, 0.2) is 11.3 Å². The number of aliphatic hydroxyl groups excluding tert-OH is 1. The molecule has 1 N–H and O–H groups in total. The Labute approximate surface area is 144 Å². The topological polar surface area (TPSA) is 49.9 Å². The van der Waals surface area contributed by atoms with Crippen molar-refractivity contribution in [3.05, 3.63) is 77.4 Å². The van der Waals surface area contributed by atoms with Gasteiger partial charge in [-0.2, -0.15) is 11.5 Å². The Morgan fingerprint density at radius 2 is 2.17 bits per heavy atom. The summed E-state index contributed by atoms with van der Waals surface area (Å²) >= 11 is 1.50. The van der Waals surface area contributed by atoms with Gasteiger partial charge in [0.05, 0.1) is 0 Å². The second kappa shape index (κ2) is 5.78. The molecular formula is C19H16N3OS-. The number of aryl methyl sites for hydroxylation is 2. The van der Waals surface area contributed by atoms with Crippen molar-refractivity contribution in [2.45, 2.75) is 13.8 Å². The third-order valence-corrected chi connectivity index (χ3v) is 4.89. The zero-order valence-electron chi connectivity index (χ0n) is 13.4. The fourth-order valence-electron chi connectivity index (χ4n) is 2.87. The highest BCUT2D eigenvalue weighted by Crippen LogP contribution is 2.26. The smallest absolute Gasteiger partial charge is 0.249 e. The van der Waals surface area contributed by atoms with Crippen LogP contribution >= 0.6 is 11.3 Å². The number of fused-ring (bicyclic) bond motifs is 1. The molecule has 0 fully saturated rings. The molecule has 0 saturated carbocycles. The lowest BCUT2D eigenvalue weighted by atomic mass is 10.2. The molecule has 0 bridgehead atoms. The van der Waals surface area contributed by atoms with Gasteiger partial charge < -0.3 is 14.7 Å². The van der Waals surface area contributed by atoms with Crippen LogP contribution in [0.1, 0.15) is 17.0 Å². The van der Waals surface area contributed by atoms with Crippen molar-refractivity contribution in [2.24, 2.45) is 0 Å². The molecule has 3 aromatic heterocycles. The van der Waals surface area contributed by atoms with Gasteiger partial charge in [0.2, 0.25) is 5.01 Å². The first-order chi connectivity index (χ1) is 11.6. The van der Waals surface area contributed by atoms with Crippen LogP contribution in [0.3, 0.4) is 0 Å². The van der Waals surface area contributed by atoms with Crippen LogP contribution in [0.2, 0.25) is 0 Å². The molecule has 1 aromatic carbocycles. The standard InChI is InChI=1S/C19H16N3OS/c1-12-5-6-17-15(8-12)9-13(2)22(17)19(23)16-11-24-18(21-16)14-4-3-7-20-10-14/h3-11,23H,1-2H3/q-1. The predicted octanol–water partition coefficient (Wildman–Crippen LogP) is 3.74. The Kier molecular flexibility index (Phi) is 3.59. The molecule has 0 aliphatic rings. The molecular weight excluding hydrogens is 318 g/mol. The first kappa shape index (κ1) is 14.9. The van der Waals surface area contributed by atoms with E-state index in [1.807, 2.05) is 41.1 Å². The molecule has 4 aromatic rings. The van der Waals surface area contributed by atoms with Gasteiger partial charge in [-0.05, 0) is 24.2 Å². The van der Waals surface area contributed by atoms with E-state index in [1.165, 1.54) is 16.9 Å². The van der Waals surface area contributed by atoms with Crippen LogP contribution in [0.4, 0.5) is 0 Å². The number of nitrogens with zero attached hydrogens (tertiary/aromatic N) is 3. The van der Waals surface area contributed by atoms with Crippen molar-refractivity contribution in [3.63, 3.8) is 0 Å². The highest BCUT2D eigenvalue weighted by molar-refractivity contribution is 7.13. The third-order valence-electron chi connectivity index (χ3n) is 3.99. The van der Waals surface area contributed by atoms with Gasteiger partial charge in [0.1, 0.15) is 11.6 Å². The first-order valence-electron chi connectivity index (χ1n) is 7.65. The van der Waals surface area contributed by atoms with Crippen LogP contribution in [0, 0.1) is 20.1 Å². The number of aromatic nitrogens is 3. The Bertz CT molecular complexity index is 1000. The maximum Gasteiger partial charge on any atom is 0.249 e. The SMILES string of the molecule is Cc1ccc2c(c1)c[c-](C)[n+]2[C-](O)c1c[s+][c-](-c2cccnc2)n1. The largest absolute Gasteiger partial charge is 0.404 e. The van der Waals surface area contributed by atoms with Crippen molar-refractivity contribution < 1.29 is 9.67 Å². The molecule has 0 aliphatic carbocycles. The summed E-state index contributed by atoms with van der Waals surface area (Å²) in [6, 6.07) is 12.1. The third kappa shape index (κ3) is 2.48. The van der Waals surface area contributed by atoms with Crippen molar-refractivity contribution in [1.82, 2.24) is 9.97 Å². The molecule has 4 nitrogen and oxygen atoms in total. The maximum atomic E-state index is 10.8. The summed E-state index contributed by atoms with van der Waals surface area (Å²) in [5.74, 6) is 0. The van der Waals surface area contributed by atoms with E-state index >= 15 is 0 Å². The quantitative estimate of drug-likeness (QED) is 0.353. The number of benzene rings is 1. The van der Waals surface area contributed by atoms with E-state index < -0.39 is 0 Å². The van der Waals surface area contributed by atoms with Gasteiger partial charge in [-0.3, -0.25) is 4.98 Å². The molecule has 0 radical (unpaired) electrons. The van der Waals surface area contributed by atoms with Crippen molar-refractivity contribution in [2.75, 3.05) is 0 Å². The molecule has 0 amide bonds. The van der Waals surface area contributed by atoms with E-state index in [0.717, 1.165) is 27.2 Å². The minimum atomic E-state index is 0.151. The minimum absolute atomic E-state index is 0.151. The van der Waals surface area contributed by atoms with Crippen LogP contribution in [-0.4, -0.2) is 15.1 Å². The number of pyridine rings is 1. The lowest BCUT2D eigenvalue weighted by Crippen LogP contribution is -2.42. The maximum absolute atomic E-state index is 10.8. The van der Waals surface area contributed by atoms with Gasteiger partial charge >= 0.3 is 0 Å². The molecule has 24 heavy (non-hydrogen) atoms. The summed E-state index contributed by atoms with van der Waals surface area (Å²) in [5.41, 5.74) is 4.67. The fourth-order valence-corrected chi connectivity index (χ4v) is 3.66. The van der Waals surface area contributed by atoms with Crippen LogP contribution in [-0.2, 0) is 0 Å². The molecule has 3 heterocycles. The van der Waals surface area contributed by atoms with E-state index in [9.17, 15) is 5.11 Å². The van der Waals surface area contributed by atoms with Crippen LogP contribution in [0.25, 0.3) is 21.5 Å². The number of aliphatic hydroxyl groups is 1. The highest BCUT2D eigenvalue weighted by Gasteiger charge is 2.16. The highest BCUT2D eigenvalue weighted by atomic mass is 32.1. The molecule has 4 rings (SSSR count). The summed E-state index contributed by atoms with van der Waals surface area (Å²) in [6.45, 7) is 4.05. The summed E-state index contributed by atoms with van der Waals surface area (Å²) in [6.07, 6.45) is 3.66. The van der Waals surface area contributed by atoms with Crippen molar-refractivity contribution >= 4 is 22.2 Å². The molecule has 5 heteroatoms. The first-order valence-corrected chi connectivity index (χ1v) is 8.53. The second-order valence-electron chi connectivity index (χ2n) is 5.79. The number of thiazole rings is 1. The van der Waals surface area contributed by atoms with Gasteiger partial charge in [-0.25, -0.2) is 0 Å². The van der Waals surface area contributed by atoms with E-state index in [4.69, 9.17) is 0 Å². The lowest BCUT2D eigenvalue weighted by Gasteiger charge is -2.20. The van der Waals surface area contributed by atoms with Crippen molar-refractivity contribution in [1.29, 1.82) is 0 Å². The van der Waals surface area contributed by atoms with E-state index in [1.54, 1.807) is 12.4 Å². The zero-order valence-corrected chi connectivity index (χ0v) is 14.2. The lowest BCUT2D eigenvalue weighted by molar-refractivity contribution is -0.658. The van der Waals surface area contributed by atoms with Gasteiger partial charge in [-0.15, -0.1) is 12.1 Å². The van der Waals surface area contributed by atoms with Crippen LogP contribution < -0.4 is 4.57 Å². The van der Waals surface area contributed by atoms with E-state index in [0.29, 0.717) is 5.69 Å². The number of rotatable bonds is 3. The van der Waals surface area contributed by atoms with Gasteiger partial charge in [0.25, 0.3) is 0 Å². The Hall–Kier alpha value is -2.63. The molecule has 0 saturated heterocycles. The number of hydrogen-bond acceptors (Lipinski definition) is 3. The molecule has 0 spiro atoms. The zero-order chi connectivity index (χ0) is 16.7. The molecule has 0 aliphatic heterocycles. The average Bonchev–Trinajstić information content (AvgIpc) is 3.19. The van der Waals surface area contributed by atoms with Crippen LogP contribution in [0.15, 0.2) is 54.2 Å². The summed E-state index contributed by atoms with van der Waals surface area (Å²) in [7, 11) is 0. The fraction of sp³-hybridized carbons (Fsp3) is 0.105. The van der Waals surface area contributed by atoms with Gasteiger partial charge in [0, 0.05) is 17.6 Å². The van der Waals surface area contributed by atoms with E-state index in [-0.39, 0.29) is 6.23 Å². The Morgan fingerprint density at radius 1 is 1.29 bits per heavy atom.